The van der Waals surface area contributed by atoms with Crippen LogP contribution in [-0.2, 0) is 11.3 Å². The summed E-state index contributed by atoms with van der Waals surface area (Å²) in [5.41, 5.74) is 1.62. The third kappa shape index (κ3) is 1.99. The highest BCUT2D eigenvalue weighted by Gasteiger charge is 2.04. The Morgan fingerprint density at radius 1 is 1.33 bits per heavy atom. The maximum Gasteiger partial charge on any atom is 0.264 e. The molecule has 0 radical (unpaired) electrons. The highest BCUT2D eigenvalue weighted by molar-refractivity contribution is 5.32. The Morgan fingerprint density at radius 3 is 2.73 bits per heavy atom. The van der Waals surface area contributed by atoms with E-state index >= 15 is 0 Å². The Balaban J connectivity index is 2.48. The molecular weight excluding hydrogens is 192 g/mol. The fourth-order valence-electron chi connectivity index (χ4n) is 1.49. The lowest BCUT2D eigenvalue weighted by Crippen LogP contribution is -2.05. The minimum Gasteiger partial charge on any atom is -0.378 e. The third-order valence-corrected chi connectivity index (χ3v) is 2.11. The number of ether oxygens (including phenoxy) is 1. The summed E-state index contributed by atoms with van der Waals surface area (Å²) >= 11 is 0. The molecular formula is C11H12N2O2. The van der Waals surface area contributed by atoms with Crippen molar-refractivity contribution in [2.75, 3.05) is 7.11 Å². The highest BCUT2D eigenvalue weighted by atomic mass is 16.5. The molecule has 1 N–H and O–H groups in total. The molecule has 0 fully saturated rings. The second kappa shape index (κ2) is 4.14. The van der Waals surface area contributed by atoms with Crippen LogP contribution in [0.25, 0.3) is 5.69 Å². The van der Waals surface area contributed by atoms with Crippen molar-refractivity contribution in [2.24, 2.45) is 0 Å². The van der Waals surface area contributed by atoms with Gasteiger partial charge in [0, 0.05) is 13.2 Å². The van der Waals surface area contributed by atoms with Crippen LogP contribution >= 0.6 is 0 Å². The van der Waals surface area contributed by atoms with E-state index in [1.807, 2.05) is 30.3 Å². The van der Waals surface area contributed by atoms with Crippen molar-refractivity contribution in [3.8, 4) is 5.69 Å². The number of aromatic nitrogens is 2. The lowest BCUT2D eigenvalue weighted by molar-refractivity contribution is 0.179. The number of H-pyrrole nitrogens is 1. The second-order valence-electron chi connectivity index (χ2n) is 3.22. The largest absolute Gasteiger partial charge is 0.378 e. The second-order valence-corrected chi connectivity index (χ2v) is 3.22. The topological polar surface area (TPSA) is 47.0 Å². The van der Waals surface area contributed by atoms with Gasteiger partial charge >= 0.3 is 0 Å². The minimum absolute atomic E-state index is 0.120. The van der Waals surface area contributed by atoms with Crippen LogP contribution in [0.15, 0.2) is 41.2 Å². The van der Waals surface area contributed by atoms with Crippen LogP contribution in [0.2, 0.25) is 0 Å². The monoisotopic (exact) mass is 204 g/mol. The van der Waals surface area contributed by atoms with Crippen molar-refractivity contribution >= 4 is 0 Å². The fraction of sp³-hybridized carbons (Fsp3) is 0.182. The van der Waals surface area contributed by atoms with Crippen molar-refractivity contribution in [1.82, 2.24) is 9.78 Å². The minimum atomic E-state index is -0.120. The summed E-state index contributed by atoms with van der Waals surface area (Å²) in [6.45, 7) is 0.410. The first-order valence-corrected chi connectivity index (χ1v) is 4.66. The molecule has 1 aromatic heterocycles. The van der Waals surface area contributed by atoms with Gasteiger partial charge in [0.15, 0.2) is 0 Å². The van der Waals surface area contributed by atoms with E-state index in [4.69, 9.17) is 4.74 Å². The molecule has 0 aliphatic heterocycles. The van der Waals surface area contributed by atoms with Gasteiger partial charge < -0.3 is 4.74 Å². The molecule has 0 saturated carbocycles. The van der Waals surface area contributed by atoms with Crippen molar-refractivity contribution in [3.63, 3.8) is 0 Å². The third-order valence-electron chi connectivity index (χ3n) is 2.11. The molecule has 0 amide bonds. The number of rotatable bonds is 3. The Kier molecular flexibility index (Phi) is 2.69. The number of benzene rings is 1. The van der Waals surface area contributed by atoms with Gasteiger partial charge in [0.2, 0.25) is 0 Å². The fourth-order valence-corrected chi connectivity index (χ4v) is 1.49. The van der Waals surface area contributed by atoms with Gasteiger partial charge in [-0.1, -0.05) is 18.2 Å². The Hall–Kier alpha value is -1.81. The van der Waals surface area contributed by atoms with Gasteiger partial charge in [-0.05, 0) is 12.1 Å². The summed E-state index contributed by atoms with van der Waals surface area (Å²) in [6.07, 6.45) is 0. The predicted molar refractivity (Wildman–Crippen MR) is 57.1 cm³/mol. The summed E-state index contributed by atoms with van der Waals surface area (Å²) in [6, 6.07) is 11.2. The van der Waals surface area contributed by atoms with Crippen molar-refractivity contribution in [2.45, 2.75) is 6.61 Å². The summed E-state index contributed by atoms with van der Waals surface area (Å²) in [4.78, 5) is 11.2. The first-order valence-electron chi connectivity index (χ1n) is 4.66. The van der Waals surface area contributed by atoms with E-state index in [1.54, 1.807) is 11.8 Å². The standard InChI is InChI=1S/C11H12N2O2/c1-15-8-10-7-11(14)12-13(10)9-5-3-2-4-6-9/h2-7H,8H2,1H3,(H,12,14). The zero-order chi connectivity index (χ0) is 10.7. The molecule has 1 heterocycles. The normalized spacial score (nSPS) is 10.5. The number of hydrogen-bond donors (Lipinski definition) is 1. The predicted octanol–water partition coefficient (Wildman–Crippen LogP) is 1.31. The summed E-state index contributed by atoms with van der Waals surface area (Å²) < 4.78 is 6.75. The van der Waals surface area contributed by atoms with Crippen molar-refractivity contribution in [3.05, 3.63) is 52.4 Å². The first-order chi connectivity index (χ1) is 7.31. The average Bonchev–Trinajstić information content (AvgIpc) is 2.62. The molecule has 15 heavy (non-hydrogen) atoms. The Bertz CT molecular complexity index is 485. The molecule has 0 bridgehead atoms. The maximum absolute atomic E-state index is 11.2. The molecule has 0 unspecified atom stereocenters. The van der Waals surface area contributed by atoms with E-state index in [0.717, 1.165) is 11.4 Å². The average molecular weight is 204 g/mol. The van der Waals surface area contributed by atoms with Gasteiger partial charge in [-0.25, -0.2) is 0 Å². The van der Waals surface area contributed by atoms with E-state index in [9.17, 15) is 4.79 Å². The number of aromatic amines is 1. The SMILES string of the molecule is COCc1cc(=O)[nH]n1-c1ccccc1. The molecule has 78 valence electrons. The van der Waals surface area contributed by atoms with Crippen LogP contribution in [0.3, 0.4) is 0 Å². The molecule has 1 aromatic carbocycles. The van der Waals surface area contributed by atoms with Crippen LogP contribution in [0, 0.1) is 0 Å². The molecule has 0 aliphatic rings. The number of hydrogen-bond acceptors (Lipinski definition) is 2. The Morgan fingerprint density at radius 2 is 2.07 bits per heavy atom. The van der Waals surface area contributed by atoms with Crippen LogP contribution in [-0.4, -0.2) is 16.9 Å². The smallest absolute Gasteiger partial charge is 0.264 e. The zero-order valence-corrected chi connectivity index (χ0v) is 8.43. The van der Waals surface area contributed by atoms with Gasteiger partial charge in [0.05, 0.1) is 18.0 Å². The zero-order valence-electron chi connectivity index (χ0n) is 8.43. The van der Waals surface area contributed by atoms with Gasteiger partial charge in [0.1, 0.15) is 0 Å². The molecule has 0 aliphatic carbocycles. The van der Waals surface area contributed by atoms with Crippen LogP contribution in [0.5, 0.6) is 0 Å². The van der Waals surface area contributed by atoms with E-state index in [1.165, 1.54) is 6.07 Å². The van der Waals surface area contributed by atoms with Gasteiger partial charge in [-0.2, -0.15) is 0 Å². The molecule has 4 nitrogen and oxygen atoms in total. The molecule has 2 rings (SSSR count). The summed E-state index contributed by atoms with van der Waals surface area (Å²) in [5, 5.41) is 2.73. The van der Waals surface area contributed by atoms with E-state index in [0.29, 0.717) is 6.61 Å². The first kappa shape index (κ1) is 9.73. The van der Waals surface area contributed by atoms with Gasteiger partial charge in [0.25, 0.3) is 5.56 Å². The van der Waals surface area contributed by atoms with Crippen molar-refractivity contribution < 1.29 is 4.74 Å². The molecule has 4 heteroatoms. The quantitative estimate of drug-likeness (QED) is 0.819. The number of methoxy groups -OCH3 is 1. The lowest BCUT2D eigenvalue weighted by atomic mass is 10.3. The van der Waals surface area contributed by atoms with E-state index in [-0.39, 0.29) is 5.56 Å². The Labute approximate surface area is 87.1 Å². The van der Waals surface area contributed by atoms with E-state index < -0.39 is 0 Å². The molecule has 0 atom stereocenters. The van der Waals surface area contributed by atoms with Crippen LogP contribution in [0.1, 0.15) is 5.69 Å². The maximum atomic E-state index is 11.2. The van der Waals surface area contributed by atoms with Crippen LogP contribution < -0.4 is 5.56 Å². The van der Waals surface area contributed by atoms with Crippen LogP contribution in [0.4, 0.5) is 0 Å². The highest BCUT2D eigenvalue weighted by Crippen LogP contribution is 2.08. The van der Waals surface area contributed by atoms with E-state index in [2.05, 4.69) is 5.10 Å². The molecule has 0 saturated heterocycles. The number of nitrogens with one attached hydrogen (secondary N) is 1. The number of para-hydroxylation sites is 1. The molecule has 0 spiro atoms. The lowest BCUT2D eigenvalue weighted by Gasteiger charge is -2.06. The summed E-state index contributed by atoms with van der Waals surface area (Å²) in [5.74, 6) is 0. The van der Waals surface area contributed by atoms with Crippen molar-refractivity contribution in [1.29, 1.82) is 0 Å². The number of nitrogens with zero attached hydrogens (tertiary/aromatic N) is 1. The molecule has 2 aromatic rings. The van der Waals surface area contributed by atoms with Gasteiger partial charge in [-0.15, -0.1) is 0 Å². The summed E-state index contributed by atoms with van der Waals surface area (Å²) in [7, 11) is 1.60. The van der Waals surface area contributed by atoms with Gasteiger partial charge in [-0.3, -0.25) is 14.6 Å².